The zero-order chi connectivity index (χ0) is 11.8. The van der Waals surface area contributed by atoms with Crippen LogP contribution in [0.2, 0.25) is 0 Å². The van der Waals surface area contributed by atoms with E-state index in [1.807, 2.05) is 0 Å². The Morgan fingerprint density at radius 2 is 2.06 bits per heavy atom. The van der Waals surface area contributed by atoms with Crippen LogP contribution in [0.1, 0.15) is 25.3 Å². The van der Waals surface area contributed by atoms with Crippen LogP contribution in [0.4, 0.5) is 5.69 Å². The molecule has 0 heterocycles. The number of anilines is 1. The molecule has 0 bridgehead atoms. The van der Waals surface area contributed by atoms with Crippen molar-refractivity contribution in [2.45, 2.75) is 26.7 Å². The number of unbranched alkanes of at least 4 members (excludes halogenated alkanes) is 1. The molecule has 2 nitrogen and oxygen atoms in total. The van der Waals surface area contributed by atoms with Crippen molar-refractivity contribution < 1.29 is 0 Å². The number of benzene rings is 1. The first kappa shape index (κ1) is 13.0. The Morgan fingerprint density at radius 1 is 1.25 bits per heavy atom. The lowest BCUT2D eigenvalue weighted by Gasteiger charge is -2.16. The summed E-state index contributed by atoms with van der Waals surface area (Å²) in [6.07, 6.45) is 2.57. The molecule has 1 rings (SSSR count). The maximum absolute atomic E-state index is 3.45. The molecule has 1 aromatic carbocycles. The highest BCUT2D eigenvalue weighted by atomic mass is 15.1. The summed E-state index contributed by atoms with van der Waals surface area (Å²) >= 11 is 0. The molecule has 0 aliphatic heterocycles. The van der Waals surface area contributed by atoms with Gasteiger partial charge in [-0.2, -0.15) is 0 Å². The molecule has 1 N–H and O–H groups in total. The molecule has 0 fully saturated rings. The van der Waals surface area contributed by atoms with Gasteiger partial charge >= 0.3 is 0 Å². The summed E-state index contributed by atoms with van der Waals surface area (Å²) < 4.78 is 0. The van der Waals surface area contributed by atoms with Gasteiger partial charge < -0.3 is 10.2 Å². The maximum atomic E-state index is 3.45. The van der Waals surface area contributed by atoms with Crippen LogP contribution in [0, 0.1) is 6.92 Å². The Labute approximate surface area is 99.7 Å². The topological polar surface area (TPSA) is 15.3 Å². The number of aryl methyl sites for hydroxylation is 1. The molecule has 0 radical (unpaired) electrons. The van der Waals surface area contributed by atoms with Crippen LogP contribution in [0.15, 0.2) is 24.3 Å². The van der Waals surface area contributed by atoms with Crippen molar-refractivity contribution in [2.75, 3.05) is 32.0 Å². The standard InChI is InChI=1S/C14H24N2/c1-4-5-10-16(3)11-9-15-14-8-6-7-13(2)12-14/h6-8,12,15H,4-5,9-11H2,1-3H3. The SMILES string of the molecule is CCCCN(C)CCNc1cccc(C)c1. The Kier molecular flexibility index (Phi) is 5.94. The van der Waals surface area contributed by atoms with Gasteiger partial charge in [0.1, 0.15) is 0 Å². The van der Waals surface area contributed by atoms with Crippen molar-refractivity contribution in [1.29, 1.82) is 0 Å². The van der Waals surface area contributed by atoms with Crippen LogP contribution in [0.3, 0.4) is 0 Å². The molecule has 16 heavy (non-hydrogen) atoms. The van der Waals surface area contributed by atoms with E-state index in [0.29, 0.717) is 0 Å². The molecule has 0 saturated carbocycles. The summed E-state index contributed by atoms with van der Waals surface area (Å²) in [6, 6.07) is 8.53. The molecular weight excluding hydrogens is 196 g/mol. The molecule has 0 aliphatic rings. The van der Waals surface area contributed by atoms with Crippen LogP contribution in [-0.2, 0) is 0 Å². The lowest BCUT2D eigenvalue weighted by Crippen LogP contribution is -2.26. The average molecular weight is 220 g/mol. The van der Waals surface area contributed by atoms with Crippen molar-refractivity contribution >= 4 is 5.69 Å². The third-order valence-corrected chi connectivity index (χ3v) is 2.73. The van der Waals surface area contributed by atoms with Gasteiger partial charge in [-0.3, -0.25) is 0 Å². The first-order valence-electron chi connectivity index (χ1n) is 6.21. The lowest BCUT2D eigenvalue weighted by molar-refractivity contribution is 0.340. The van der Waals surface area contributed by atoms with E-state index in [9.17, 15) is 0 Å². The minimum Gasteiger partial charge on any atom is -0.384 e. The first-order valence-corrected chi connectivity index (χ1v) is 6.21. The van der Waals surface area contributed by atoms with Gasteiger partial charge in [0, 0.05) is 18.8 Å². The third kappa shape index (κ3) is 5.17. The van der Waals surface area contributed by atoms with E-state index in [2.05, 4.69) is 55.4 Å². The predicted octanol–water partition coefficient (Wildman–Crippen LogP) is 3.14. The lowest BCUT2D eigenvalue weighted by atomic mass is 10.2. The van der Waals surface area contributed by atoms with Crippen LogP contribution < -0.4 is 5.32 Å². The second kappa shape index (κ2) is 7.29. The quantitative estimate of drug-likeness (QED) is 0.759. The van der Waals surface area contributed by atoms with E-state index in [1.165, 1.54) is 30.6 Å². The normalized spacial score (nSPS) is 10.8. The van der Waals surface area contributed by atoms with E-state index in [4.69, 9.17) is 0 Å². The number of likely N-dealkylation sites (N-methyl/N-ethyl adjacent to an activating group) is 1. The van der Waals surface area contributed by atoms with Crippen LogP contribution in [0.25, 0.3) is 0 Å². The Balaban J connectivity index is 2.20. The Hall–Kier alpha value is -1.02. The monoisotopic (exact) mass is 220 g/mol. The molecule has 1 aromatic rings. The average Bonchev–Trinajstić information content (AvgIpc) is 2.26. The fourth-order valence-corrected chi connectivity index (χ4v) is 1.69. The summed E-state index contributed by atoms with van der Waals surface area (Å²) in [6.45, 7) is 7.68. The summed E-state index contributed by atoms with van der Waals surface area (Å²) in [7, 11) is 2.19. The number of hydrogen-bond donors (Lipinski definition) is 1. The minimum absolute atomic E-state index is 1.02. The molecule has 0 aromatic heterocycles. The molecule has 0 amide bonds. The van der Waals surface area contributed by atoms with Gasteiger partial charge in [-0.05, 0) is 44.6 Å². The molecule has 90 valence electrons. The molecule has 0 unspecified atom stereocenters. The van der Waals surface area contributed by atoms with Gasteiger partial charge in [-0.25, -0.2) is 0 Å². The molecule has 0 spiro atoms. The minimum atomic E-state index is 1.02. The molecule has 0 atom stereocenters. The van der Waals surface area contributed by atoms with E-state index in [1.54, 1.807) is 0 Å². The highest BCUT2D eigenvalue weighted by molar-refractivity contribution is 5.45. The summed E-state index contributed by atoms with van der Waals surface area (Å²) in [5.41, 5.74) is 2.54. The maximum Gasteiger partial charge on any atom is 0.0343 e. The van der Waals surface area contributed by atoms with Gasteiger partial charge in [0.15, 0.2) is 0 Å². The first-order chi connectivity index (χ1) is 7.72. The highest BCUT2D eigenvalue weighted by Gasteiger charge is 1.97. The number of nitrogens with zero attached hydrogens (tertiary/aromatic N) is 1. The van der Waals surface area contributed by atoms with Crippen LogP contribution in [-0.4, -0.2) is 31.6 Å². The second-order valence-corrected chi connectivity index (χ2v) is 4.45. The fraction of sp³-hybridized carbons (Fsp3) is 0.571. The van der Waals surface area contributed by atoms with Crippen molar-refractivity contribution in [3.63, 3.8) is 0 Å². The molecule has 0 saturated heterocycles. The van der Waals surface area contributed by atoms with Crippen LogP contribution >= 0.6 is 0 Å². The number of nitrogens with one attached hydrogen (secondary N) is 1. The molecule has 2 heteroatoms. The summed E-state index contributed by atoms with van der Waals surface area (Å²) in [5.74, 6) is 0. The van der Waals surface area contributed by atoms with Crippen molar-refractivity contribution in [2.24, 2.45) is 0 Å². The van der Waals surface area contributed by atoms with Crippen molar-refractivity contribution in [3.05, 3.63) is 29.8 Å². The van der Waals surface area contributed by atoms with E-state index >= 15 is 0 Å². The largest absolute Gasteiger partial charge is 0.384 e. The zero-order valence-corrected chi connectivity index (χ0v) is 10.8. The van der Waals surface area contributed by atoms with Gasteiger partial charge in [0.2, 0.25) is 0 Å². The third-order valence-electron chi connectivity index (χ3n) is 2.73. The van der Waals surface area contributed by atoms with Gasteiger partial charge in [0.05, 0.1) is 0 Å². The van der Waals surface area contributed by atoms with E-state index in [-0.39, 0.29) is 0 Å². The Bertz CT molecular complexity index is 297. The summed E-state index contributed by atoms with van der Waals surface area (Å²) in [5, 5.41) is 3.45. The molecule has 0 aliphatic carbocycles. The van der Waals surface area contributed by atoms with Crippen molar-refractivity contribution in [3.8, 4) is 0 Å². The van der Waals surface area contributed by atoms with Gasteiger partial charge in [0.25, 0.3) is 0 Å². The second-order valence-electron chi connectivity index (χ2n) is 4.45. The fourth-order valence-electron chi connectivity index (χ4n) is 1.69. The van der Waals surface area contributed by atoms with E-state index in [0.717, 1.165) is 13.1 Å². The number of hydrogen-bond acceptors (Lipinski definition) is 2. The smallest absolute Gasteiger partial charge is 0.0343 e. The highest BCUT2D eigenvalue weighted by Crippen LogP contribution is 2.08. The Morgan fingerprint density at radius 3 is 2.75 bits per heavy atom. The zero-order valence-electron chi connectivity index (χ0n) is 10.8. The number of rotatable bonds is 7. The van der Waals surface area contributed by atoms with Crippen LogP contribution in [0.5, 0.6) is 0 Å². The van der Waals surface area contributed by atoms with E-state index < -0.39 is 0 Å². The van der Waals surface area contributed by atoms with Crippen molar-refractivity contribution in [1.82, 2.24) is 4.90 Å². The van der Waals surface area contributed by atoms with Gasteiger partial charge in [-0.1, -0.05) is 25.5 Å². The molecular formula is C14H24N2. The predicted molar refractivity (Wildman–Crippen MR) is 72.1 cm³/mol. The summed E-state index contributed by atoms with van der Waals surface area (Å²) in [4.78, 5) is 2.38. The van der Waals surface area contributed by atoms with Gasteiger partial charge in [-0.15, -0.1) is 0 Å².